The van der Waals surface area contributed by atoms with Gasteiger partial charge in [-0.3, -0.25) is 4.90 Å². The SMILES string of the molecule is CC(C)c1ccccc1CN1CCNCC1. The van der Waals surface area contributed by atoms with Crippen molar-refractivity contribution in [1.82, 2.24) is 10.2 Å². The molecule has 0 atom stereocenters. The molecule has 1 saturated heterocycles. The van der Waals surface area contributed by atoms with E-state index < -0.39 is 0 Å². The first-order valence-corrected chi connectivity index (χ1v) is 6.28. The lowest BCUT2D eigenvalue weighted by molar-refractivity contribution is 0.232. The molecule has 0 spiro atoms. The van der Waals surface area contributed by atoms with Crippen molar-refractivity contribution in [2.24, 2.45) is 0 Å². The van der Waals surface area contributed by atoms with Gasteiger partial charge in [-0.15, -0.1) is 0 Å². The monoisotopic (exact) mass is 218 g/mol. The molecule has 1 fully saturated rings. The number of nitrogens with zero attached hydrogens (tertiary/aromatic N) is 1. The van der Waals surface area contributed by atoms with E-state index in [1.807, 2.05) is 0 Å². The number of hydrogen-bond acceptors (Lipinski definition) is 2. The molecule has 2 rings (SSSR count). The Morgan fingerprint density at radius 1 is 1.19 bits per heavy atom. The Bertz CT molecular complexity index is 327. The molecule has 0 aliphatic carbocycles. The molecule has 1 aromatic rings. The van der Waals surface area contributed by atoms with Crippen molar-refractivity contribution in [3.8, 4) is 0 Å². The van der Waals surface area contributed by atoms with Crippen LogP contribution in [0.4, 0.5) is 0 Å². The molecule has 0 radical (unpaired) electrons. The molecule has 0 unspecified atom stereocenters. The third kappa shape index (κ3) is 2.83. The van der Waals surface area contributed by atoms with Gasteiger partial charge >= 0.3 is 0 Å². The molecule has 1 aromatic carbocycles. The summed E-state index contributed by atoms with van der Waals surface area (Å²) in [6.07, 6.45) is 0. The first kappa shape index (κ1) is 11.6. The van der Waals surface area contributed by atoms with Crippen LogP contribution in [0, 0.1) is 0 Å². The molecule has 1 N–H and O–H groups in total. The minimum absolute atomic E-state index is 0.624. The fraction of sp³-hybridized carbons (Fsp3) is 0.571. The van der Waals surface area contributed by atoms with Crippen molar-refractivity contribution in [2.45, 2.75) is 26.3 Å². The van der Waals surface area contributed by atoms with Crippen LogP contribution in [0.1, 0.15) is 30.9 Å². The molecule has 0 amide bonds. The van der Waals surface area contributed by atoms with Gasteiger partial charge in [-0.2, -0.15) is 0 Å². The predicted molar refractivity (Wildman–Crippen MR) is 68.7 cm³/mol. The van der Waals surface area contributed by atoms with Gasteiger partial charge in [-0.05, 0) is 17.0 Å². The van der Waals surface area contributed by atoms with E-state index in [2.05, 4.69) is 48.3 Å². The maximum Gasteiger partial charge on any atom is 0.0237 e. The van der Waals surface area contributed by atoms with E-state index in [1.54, 1.807) is 0 Å². The van der Waals surface area contributed by atoms with Gasteiger partial charge in [-0.25, -0.2) is 0 Å². The number of nitrogens with one attached hydrogen (secondary N) is 1. The summed E-state index contributed by atoms with van der Waals surface area (Å²) in [5.74, 6) is 0.624. The summed E-state index contributed by atoms with van der Waals surface area (Å²) in [5, 5.41) is 3.40. The summed E-state index contributed by atoms with van der Waals surface area (Å²) in [5.41, 5.74) is 3.00. The second-order valence-corrected chi connectivity index (χ2v) is 4.88. The predicted octanol–water partition coefficient (Wildman–Crippen LogP) is 2.22. The normalized spacial score (nSPS) is 17.9. The first-order chi connectivity index (χ1) is 7.77. The molecular formula is C14H22N2. The number of hydrogen-bond donors (Lipinski definition) is 1. The van der Waals surface area contributed by atoms with Gasteiger partial charge in [0.2, 0.25) is 0 Å². The Labute approximate surface area is 98.7 Å². The van der Waals surface area contributed by atoms with E-state index in [4.69, 9.17) is 0 Å². The Morgan fingerprint density at radius 3 is 2.56 bits per heavy atom. The van der Waals surface area contributed by atoms with Gasteiger partial charge in [0.1, 0.15) is 0 Å². The molecular weight excluding hydrogens is 196 g/mol. The second-order valence-electron chi connectivity index (χ2n) is 4.88. The highest BCUT2D eigenvalue weighted by Crippen LogP contribution is 2.20. The van der Waals surface area contributed by atoms with Gasteiger partial charge in [-0.1, -0.05) is 38.1 Å². The second kappa shape index (κ2) is 5.46. The topological polar surface area (TPSA) is 15.3 Å². The average Bonchev–Trinajstić information content (AvgIpc) is 2.31. The lowest BCUT2D eigenvalue weighted by Gasteiger charge is -2.28. The van der Waals surface area contributed by atoms with Crippen LogP contribution in [0.5, 0.6) is 0 Å². The zero-order chi connectivity index (χ0) is 11.4. The van der Waals surface area contributed by atoms with Gasteiger partial charge in [0.25, 0.3) is 0 Å². The van der Waals surface area contributed by atoms with Crippen molar-refractivity contribution >= 4 is 0 Å². The van der Waals surface area contributed by atoms with Crippen LogP contribution >= 0.6 is 0 Å². The van der Waals surface area contributed by atoms with E-state index in [0.717, 1.165) is 19.6 Å². The molecule has 1 heterocycles. The number of benzene rings is 1. The molecule has 2 heteroatoms. The molecule has 1 aliphatic heterocycles. The summed E-state index contributed by atoms with van der Waals surface area (Å²) in [4.78, 5) is 2.54. The minimum atomic E-state index is 0.624. The fourth-order valence-corrected chi connectivity index (χ4v) is 2.35. The van der Waals surface area contributed by atoms with Gasteiger partial charge < -0.3 is 5.32 Å². The summed E-state index contributed by atoms with van der Waals surface area (Å²) < 4.78 is 0. The van der Waals surface area contributed by atoms with Crippen LogP contribution < -0.4 is 5.32 Å². The quantitative estimate of drug-likeness (QED) is 0.837. The first-order valence-electron chi connectivity index (χ1n) is 6.28. The van der Waals surface area contributed by atoms with Gasteiger partial charge in [0.05, 0.1) is 0 Å². The van der Waals surface area contributed by atoms with Crippen LogP contribution in [-0.2, 0) is 6.54 Å². The fourth-order valence-electron chi connectivity index (χ4n) is 2.35. The molecule has 0 bridgehead atoms. The molecule has 88 valence electrons. The lowest BCUT2D eigenvalue weighted by atomic mass is 9.97. The van der Waals surface area contributed by atoms with Crippen LogP contribution in [0.15, 0.2) is 24.3 Å². The van der Waals surface area contributed by atoms with Crippen LogP contribution in [0.25, 0.3) is 0 Å². The Kier molecular flexibility index (Phi) is 3.97. The molecule has 1 aliphatic rings. The minimum Gasteiger partial charge on any atom is -0.314 e. The Balaban J connectivity index is 2.07. The van der Waals surface area contributed by atoms with Crippen molar-refractivity contribution in [3.63, 3.8) is 0 Å². The van der Waals surface area contributed by atoms with Crippen molar-refractivity contribution in [1.29, 1.82) is 0 Å². The lowest BCUT2D eigenvalue weighted by Crippen LogP contribution is -2.43. The van der Waals surface area contributed by atoms with E-state index in [1.165, 1.54) is 24.2 Å². The standard InChI is InChI=1S/C14H22N2/c1-12(2)14-6-4-3-5-13(14)11-16-9-7-15-8-10-16/h3-6,12,15H,7-11H2,1-2H3. The Morgan fingerprint density at radius 2 is 1.88 bits per heavy atom. The highest BCUT2D eigenvalue weighted by molar-refractivity contribution is 5.29. The van der Waals surface area contributed by atoms with E-state index >= 15 is 0 Å². The third-order valence-corrected chi connectivity index (χ3v) is 3.28. The number of piperazine rings is 1. The highest BCUT2D eigenvalue weighted by atomic mass is 15.2. The third-order valence-electron chi connectivity index (χ3n) is 3.28. The summed E-state index contributed by atoms with van der Waals surface area (Å²) in [6.45, 7) is 10.3. The number of rotatable bonds is 3. The molecule has 0 aromatic heterocycles. The van der Waals surface area contributed by atoms with Crippen molar-refractivity contribution in [2.75, 3.05) is 26.2 Å². The van der Waals surface area contributed by atoms with E-state index in [0.29, 0.717) is 5.92 Å². The van der Waals surface area contributed by atoms with E-state index in [-0.39, 0.29) is 0 Å². The zero-order valence-corrected chi connectivity index (χ0v) is 10.4. The molecule has 0 saturated carbocycles. The smallest absolute Gasteiger partial charge is 0.0237 e. The maximum absolute atomic E-state index is 3.40. The largest absolute Gasteiger partial charge is 0.314 e. The van der Waals surface area contributed by atoms with Crippen molar-refractivity contribution < 1.29 is 0 Å². The maximum atomic E-state index is 3.40. The van der Waals surface area contributed by atoms with Gasteiger partial charge in [0, 0.05) is 32.7 Å². The zero-order valence-electron chi connectivity index (χ0n) is 10.4. The molecule has 2 nitrogen and oxygen atoms in total. The van der Waals surface area contributed by atoms with Crippen LogP contribution in [-0.4, -0.2) is 31.1 Å². The average molecular weight is 218 g/mol. The summed E-state index contributed by atoms with van der Waals surface area (Å²) >= 11 is 0. The molecule has 16 heavy (non-hydrogen) atoms. The van der Waals surface area contributed by atoms with E-state index in [9.17, 15) is 0 Å². The van der Waals surface area contributed by atoms with Crippen LogP contribution in [0.3, 0.4) is 0 Å². The Hall–Kier alpha value is -0.860. The summed E-state index contributed by atoms with van der Waals surface area (Å²) in [6, 6.07) is 8.85. The van der Waals surface area contributed by atoms with Crippen molar-refractivity contribution in [3.05, 3.63) is 35.4 Å². The highest BCUT2D eigenvalue weighted by Gasteiger charge is 2.12. The van der Waals surface area contributed by atoms with Crippen LogP contribution in [0.2, 0.25) is 0 Å². The summed E-state index contributed by atoms with van der Waals surface area (Å²) in [7, 11) is 0. The van der Waals surface area contributed by atoms with Gasteiger partial charge in [0.15, 0.2) is 0 Å².